The first-order valence-electron chi connectivity index (χ1n) is 13.3. The lowest BCUT2D eigenvalue weighted by molar-refractivity contribution is -0.0506. The van der Waals surface area contributed by atoms with Crippen LogP contribution in [-0.2, 0) is 29.2 Å². The molecule has 1 N–H and O–H groups in total. The topological polar surface area (TPSA) is 146 Å². The van der Waals surface area contributed by atoms with E-state index in [9.17, 15) is 26.7 Å². The molecule has 2 bridgehead atoms. The van der Waals surface area contributed by atoms with Crippen LogP contribution in [0.15, 0.2) is 48.8 Å². The van der Waals surface area contributed by atoms with Gasteiger partial charge in [-0.1, -0.05) is 12.1 Å². The normalized spacial score (nSPS) is 19.4. The molecule has 4 aromatic rings. The van der Waals surface area contributed by atoms with Gasteiger partial charge in [0.15, 0.2) is 5.82 Å². The van der Waals surface area contributed by atoms with Crippen LogP contribution in [0.25, 0.3) is 22.2 Å². The molecular weight excluding hydrogens is 607 g/mol. The average Bonchev–Trinajstić information content (AvgIpc) is 3.42. The molecule has 2 aromatic carbocycles. The zero-order chi connectivity index (χ0) is 30.9. The van der Waals surface area contributed by atoms with Crippen LogP contribution in [0.3, 0.4) is 0 Å². The summed E-state index contributed by atoms with van der Waals surface area (Å²) in [4.78, 5) is 23.4. The number of hydrogen-bond donors (Lipinski definition) is 1. The first kappa shape index (κ1) is 29.6. The highest BCUT2D eigenvalue weighted by atomic mass is 32.2. The van der Waals surface area contributed by atoms with Crippen molar-refractivity contribution in [3.05, 3.63) is 66.0 Å². The van der Waals surface area contributed by atoms with Crippen LogP contribution in [0.2, 0.25) is 0 Å². The van der Waals surface area contributed by atoms with E-state index in [2.05, 4.69) is 9.97 Å². The molecule has 16 heteroatoms. The van der Waals surface area contributed by atoms with E-state index in [1.165, 1.54) is 16.4 Å². The summed E-state index contributed by atoms with van der Waals surface area (Å²) in [6.45, 7) is 1.57. The van der Waals surface area contributed by atoms with E-state index in [1.54, 1.807) is 45.3 Å². The van der Waals surface area contributed by atoms with Crippen LogP contribution in [0.1, 0.15) is 56.5 Å². The Balaban J connectivity index is 1.42. The number of hydrogen-bond acceptors (Lipinski definition) is 9. The van der Waals surface area contributed by atoms with Crippen LogP contribution in [0.5, 0.6) is 5.75 Å². The third kappa shape index (κ3) is 5.18. The third-order valence-corrected chi connectivity index (χ3v) is 9.84. The number of sulfonamides is 1. The molecule has 0 saturated heterocycles. The fraction of sp³-hybridized carbons (Fsp3) is 0.370. The molecule has 2 aliphatic heterocycles. The summed E-state index contributed by atoms with van der Waals surface area (Å²) < 4.78 is 82.9. The van der Waals surface area contributed by atoms with Crippen molar-refractivity contribution in [1.29, 1.82) is 0 Å². The zero-order valence-corrected chi connectivity index (χ0v) is 25.2. The van der Waals surface area contributed by atoms with Crippen LogP contribution in [0, 0.1) is 0 Å². The SMILES string of the molecule is CCOP(=O)(O)OC(C)(C)c1ncc(-c2ccc3nc4n(c3c2)[C@@H]2C[C@H]4N(S(C)(=O)=O)c3cccc(OC(F)F)c32)cn1. The van der Waals surface area contributed by atoms with Crippen LogP contribution in [0.4, 0.5) is 14.5 Å². The van der Waals surface area contributed by atoms with Crippen LogP contribution in [-0.4, -0.2) is 52.3 Å². The lowest BCUT2D eigenvalue weighted by Crippen LogP contribution is -2.36. The smallest absolute Gasteiger partial charge is 0.434 e. The van der Waals surface area contributed by atoms with Crippen molar-refractivity contribution in [1.82, 2.24) is 19.5 Å². The maximum atomic E-state index is 13.4. The predicted octanol–water partition coefficient (Wildman–Crippen LogP) is 5.30. The summed E-state index contributed by atoms with van der Waals surface area (Å²) in [7, 11) is -8.13. The van der Waals surface area contributed by atoms with Gasteiger partial charge in [0.25, 0.3) is 0 Å². The first-order valence-corrected chi connectivity index (χ1v) is 16.6. The van der Waals surface area contributed by atoms with Crippen molar-refractivity contribution in [2.75, 3.05) is 17.2 Å². The number of ether oxygens (including phenoxy) is 1. The van der Waals surface area contributed by atoms with Gasteiger partial charge in [0.2, 0.25) is 10.0 Å². The number of phosphoric acid groups is 1. The quantitative estimate of drug-likeness (QED) is 0.241. The molecule has 0 amide bonds. The Morgan fingerprint density at radius 1 is 1.14 bits per heavy atom. The van der Waals surface area contributed by atoms with Crippen molar-refractivity contribution in [3.63, 3.8) is 0 Å². The van der Waals surface area contributed by atoms with Crippen molar-refractivity contribution in [2.24, 2.45) is 0 Å². The summed E-state index contributed by atoms with van der Waals surface area (Å²) in [5.74, 6) is 0.561. The number of fused-ring (bicyclic) bond motifs is 9. The molecule has 6 rings (SSSR count). The molecule has 3 atom stereocenters. The van der Waals surface area contributed by atoms with E-state index in [-0.39, 0.29) is 23.9 Å². The number of alkyl halides is 2. The molecule has 12 nitrogen and oxygen atoms in total. The van der Waals surface area contributed by atoms with E-state index >= 15 is 0 Å². The molecular formula is C27H28F2N5O7PS. The Bertz CT molecular complexity index is 1880. The minimum atomic E-state index is -4.32. The Morgan fingerprint density at radius 3 is 2.51 bits per heavy atom. The van der Waals surface area contributed by atoms with Gasteiger partial charge in [-0.05, 0) is 50.6 Å². The molecule has 2 aliphatic rings. The molecule has 0 spiro atoms. The highest BCUT2D eigenvalue weighted by Crippen LogP contribution is 2.56. The molecule has 0 aliphatic carbocycles. The number of imidazole rings is 1. The number of halogens is 2. The lowest BCUT2D eigenvalue weighted by atomic mass is 9.95. The number of benzene rings is 2. The number of aromatic nitrogens is 4. The minimum absolute atomic E-state index is 0.00946. The van der Waals surface area contributed by atoms with Crippen molar-refractivity contribution < 1.29 is 40.4 Å². The highest BCUT2D eigenvalue weighted by Gasteiger charge is 2.48. The van der Waals surface area contributed by atoms with Crippen molar-refractivity contribution >= 4 is 34.6 Å². The van der Waals surface area contributed by atoms with E-state index < -0.39 is 42.1 Å². The third-order valence-electron chi connectivity index (χ3n) is 7.40. The second-order valence-corrected chi connectivity index (χ2v) is 14.0. The number of nitrogens with zero attached hydrogens (tertiary/aromatic N) is 5. The van der Waals surface area contributed by atoms with Gasteiger partial charge >= 0.3 is 14.4 Å². The maximum Gasteiger partial charge on any atom is 0.473 e. The van der Waals surface area contributed by atoms with E-state index in [4.69, 9.17) is 18.8 Å². The highest BCUT2D eigenvalue weighted by molar-refractivity contribution is 7.92. The van der Waals surface area contributed by atoms with Crippen LogP contribution >= 0.6 is 7.82 Å². The molecule has 2 aromatic heterocycles. The summed E-state index contributed by atoms with van der Waals surface area (Å²) in [6, 6.07) is 8.79. The fourth-order valence-electron chi connectivity index (χ4n) is 5.87. The number of phosphoric ester groups is 1. The molecule has 0 saturated carbocycles. The lowest BCUT2D eigenvalue weighted by Gasteiger charge is -2.35. The number of anilines is 1. The number of rotatable bonds is 9. The second-order valence-electron chi connectivity index (χ2n) is 10.7. The second kappa shape index (κ2) is 10.3. The van der Waals surface area contributed by atoms with Gasteiger partial charge in [-0.15, -0.1) is 0 Å². The molecule has 228 valence electrons. The molecule has 0 radical (unpaired) electrons. The van der Waals surface area contributed by atoms with Gasteiger partial charge in [0, 0.05) is 29.9 Å². The van der Waals surface area contributed by atoms with E-state index in [0.29, 0.717) is 40.0 Å². The maximum absolute atomic E-state index is 13.4. The Hall–Kier alpha value is -3.49. The molecule has 4 heterocycles. The van der Waals surface area contributed by atoms with Crippen molar-refractivity contribution in [3.8, 4) is 16.9 Å². The van der Waals surface area contributed by atoms with Gasteiger partial charge < -0.3 is 14.2 Å². The summed E-state index contributed by atoms with van der Waals surface area (Å²) in [5.41, 5.74) is 1.88. The fourth-order valence-corrected chi connectivity index (χ4v) is 8.06. The van der Waals surface area contributed by atoms with Crippen LogP contribution < -0.4 is 9.04 Å². The Labute approximate surface area is 245 Å². The largest absolute Gasteiger partial charge is 0.473 e. The zero-order valence-electron chi connectivity index (χ0n) is 23.5. The van der Waals surface area contributed by atoms with E-state index in [0.717, 1.165) is 6.26 Å². The van der Waals surface area contributed by atoms with Crippen molar-refractivity contribution in [2.45, 2.75) is 51.5 Å². The predicted molar refractivity (Wildman–Crippen MR) is 152 cm³/mol. The molecule has 43 heavy (non-hydrogen) atoms. The summed E-state index contributed by atoms with van der Waals surface area (Å²) in [6.07, 6.45) is 4.47. The summed E-state index contributed by atoms with van der Waals surface area (Å²) >= 11 is 0. The summed E-state index contributed by atoms with van der Waals surface area (Å²) in [5, 5.41) is 0. The van der Waals surface area contributed by atoms with Gasteiger partial charge in [-0.2, -0.15) is 8.78 Å². The monoisotopic (exact) mass is 635 g/mol. The Kier molecular flexibility index (Phi) is 7.09. The molecule has 1 unspecified atom stereocenters. The minimum Gasteiger partial charge on any atom is -0.434 e. The Morgan fingerprint density at radius 2 is 1.86 bits per heavy atom. The van der Waals surface area contributed by atoms with Gasteiger partial charge in [-0.25, -0.2) is 27.9 Å². The van der Waals surface area contributed by atoms with Gasteiger partial charge in [0.05, 0.1) is 35.6 Å². The average molecular weight is 636 g/mol. The molecule has 0 fully saturated rings. The van der Waals surface area contributed by atoms with Gasteiger partial charge in [0.1, 0.15) is 23.2 Å². The standard InChI is InChI=1S/C27H28F2N5O7PS/c1-5-39-42(35,36)41-27(2,3)25-30-13-16(14-31-25)15-9-10-17-19(11-15)33-20-12-21(24(33)32-17)34(43(4,37)38)18-7-6-8-22(23(18)20)40-26(28)29/h6-11,13-14,20-21,26H,5,12H2,1-4H3,(H,35,36)/t20-,21-/m1/s1. The first-order chi connectivity index (χ1) is 20.2. The van der Waals surface area contributed by atoms with Gasteiger partial charge in [-0.3, -0.25) is 13.4 Å². The van der Waals surface area contributed by atoms with E-state index in [1.807, 2.05) is 16.7 Å².